The van der Waals surface area contributed by atoms with Gasteiger partial charge in [0.1, 0.15) is 9.64 Å². The van der Waals surface area contributed by atoms with Gasteiger partial charge in [-0.3, -0.25) is 0 Å². The van der Waals surface area contributed by atoms with Crippen LogP contribution in [0.1, 0.15) is 47.0 Å². The molecule has 0 amide bonds. The number of para-hydroxylation sites is 1. The van der Waals surface area contributed by atoms with Crippen LogP contribution in [0, 0.1) is 5.41 Å². The third kappa shape index (κ3) is 5.46. The summed E-state index contributed by atoms with van der Waals surface area (Å²) >= 11 is 0. The van der Waals surface area contributed by atoms with Crippen molar-refractivity contribution in [2.45, 2.75) is 56.6 Å². The zero-order chi connectivity index (χ0) is 25.1. The van der Waals surface area contributed by atoms with Crippen molar-refractivity contribution in [1.82, 2.24) is 0 Å². The number of hydrogen-bond donors (Lipinski definition) is 0. The van der Waals surface area contributed by atoms with Crippen LogP contribution < -0.4 is 4.18 Å². The van der Waals surface area contributed by atoms with Gasteiger partial charge in [-0.25, -0.2) is 16.8 Å². The van der Waals surface area contributed by atoms with Gasteiger partial charge in [0.2, 0.25) is 0 Å². The fourth-order valence-electron chi connectivity index (χ4n) is 3.53. The predicted molar refractivity (Wildman–Crippen MR) is 126 cm³/mol. The van der Waals surface area contributed by atoms with Crippen molar-refractivity contribution in [2.24, 2.45) is 5.41 Å². The summed E-state index contributed by atoms with van der Waals surface area (Å²) in [6.07, 6.45) is 4.49. The van der Waals surface area contributed by atoms with Crippen LogP contribution >= 0.6 is 0 Å². The average Bonchev–Trinajstić information content (AvgIpc) is 2.71. The molecule has 2 rings (SSSR count). The zero-order valence-electron chi connectivity index (χ0n) is 18.9. The molecule has 1 unspecified atom stereocenters. The van der Waals surface area contributed by atoms with E-state index >= 15 is 0 Å². The molecule has 182 valence electrons. The molecule has 0 fully saturated rings. The Bertz CT molecular complexity index is 1330. The van der Waals surface area contributed by atoms with Crippen molar-refractivity contribution in [3.8, 4) is 5.75 Å². The lowest BCUT2D eigenvalue weighted by Crippen LogP contribution is -2.49. The van der Waals surface area contributed by atoms with E-state index in [-0.39, 0.29) is 27.7 Å². The van der Waals surface area contributed by atoms with E-state index in [9.17, 15) is 25.3 Å². The first-order valence-corrected chi connectivity index (χ1v) is 14.8. The van der Waals surface area contributed by atoms with Crippen LogP contribution in [0.25, 0.3) is 5.53 Å². The molecule has 12 heteroatoms. The number of unbranched alkanes of at least 4 members (excludes halogenated alkanes) is 1. The molecule has 0 saturated carbocycles. The third-order valence-corrected chi connectivity index (χ3v) is 10.8. The van der Waals surface area contributed by atoms with Gasteiger partial charge >= 0.3 is 15.7 Å². The molecule has 9 nitrogen and oxygen atoms in total. The number of hydrogen-bond acceptors (Lipinski definition) is 7. The maximum atomic E-state index is 14.0. The van der Waals surface area contributed by atoms with Crippen molar-refractivity contribution in [1.29, 1.82) is 0 Å². The Balaban J connectivity index is 2.64. The van der Waals surface area contributed by atoms with Gasteiger partial charge in [-0.2, -0.15) is 13.2 Å². The smallest absolute Gasteiger partial charge is 0.374 e. The van der Waals surface area contributed by atoms with Gasteiger partial charge in [0.25, 0.3) is 9.84 Å². The molecule has 0 spiro atoms. The van der Waals surface area contributed by atoms with E-state index in [1.807, 2.05) is 6.92 Å². The molecule has 1 aromatic carbocycles. The van der Waals surface area contributed by atoms with Crippen molar-refractivity contribution in [3.05, 3.63) is 52.9 Å². The van der Waals surface area contributed by atoms with E-state index < -0.39 is 40.0 Å². The van der Waals surface area contributed by atoms with Crippen LogP contribution in [0.2, 0.25) is 0 Å². The first-order valence-electron chi connectivity index (χ1n) is 10.2. The number of nitrogens with zero attached hydrogens (tertiary/aromatic N) is 2. The summed E-state index contributed by atoms with van der Waals surface area (Å²) in [6.45, 7) is 6.90. The van der Waals surface area contributed by atoms with E-state index in [1.54, 1.807) is 20.8 Å². The van der Waals surface area contributed by atoms with Crippen LogP contribution in [0.5, 0.6) is 5.75 Å². The van der Waals surface area contributed by atoms with Crippen molar-refractivity contribution < 1.29 is 34.2 Å². The number of rotatable bonds is 9. The van der Waals surface area contributed by atoms with Crippen LogP contribution in [-0.4, -0.2) is 46.1 Å². The van der Waals surface area contributed by atoms with Gasteiger partial charge in [0, 0.05) is 0 Å². The standard InChI is InChI=1S/C21H28N2O7S3/c1-5-6-15-32(26,27)30-18-9-7-8-10-19(18)33(28,29)21(20(2,3)4)13-11-17(12-14-21)31(24,25)16-23-22/h7-13,16H,5-6,14-15H2,1-4H3. The van der Waals surface area contributed by atoms with E-state index in [0.717, 1.165) is 6.08 Å². The highest BCUT2D eigenvalue weighted by Gasteiger charge is 2.53. The minimum absolute atomic E-state index is 0.206. The molecular formula is C21H28N2O7S3. The van der Waals surface area contributed by atoms with Gasteiger partial charge in [-0.15, -0.1) is 0 Å². The molecule has 0 radical (unpaired) electrons. The van der Waals surface area contributed by atoms with Crippen LogP contribution in [0.15, 0.2) is 52.3 Å². The predicted octanol–water partition coefficient (Wildman–Crippen LogP) is 3.27. The van der Waals surface area contributed by atoms with E-state index in [0.29, 0.717) is 18.4 Å². The summed E-state index contributed by atoms with van der Waals surface area (Å²) in [5, 5.41) is 0. The Morgan fingerprint density at radius 2 is 1.76 bits per heavy atom. The maximum absolute atomic E-state index is 14.0. The fourth-order valence-corrected chi connectivity index (χ4v) is 7.93. The lowest BCUT2D eigenvalue weighted by molar-refractivity contribution is 0.00761. The van der Waals surface area contributed by atoms with Gasteiger partial charge < -0.3 is 9.71 Å². The molecule has 1 atom stereocenters. The Morgan fingerprint density at radius 1 is 1.12 bits per heavy atom. The minimum atomic E-state index is -4.28. The largest absolute Gasteiger partial charge is 0.381 e. The van der Waals surface area contributed by atoms with Crippen LogP contribution in [-0.2, 0) is 29.8 Å². The average molecular weight is 517 g/mol. The van der Waals surface area contributed by atoms with Crippen LogP contribution in [0.3, 0.4) is 0 Å². The summed E-state index contributed by atoms with van der Waals surface area (Å²) in [6, 6.07) is 5.49. The quantitative estimate of drug-likeness (QED) is 0.161. The lowest BCUT2D eigenvalue weighted by Gasteiger charge is -2.42. The van der Waals surface area contributed by atoms with Crippen molar-refractivity contribution >= 4 is 35.3 Å². The Hall–Kier alpha value is -2.27. The molecule has 1 aromatic rings. The second-order valence-electron chi connectivity index (χ2n) is 8.70. The van der Waals surface area contributed by atoms with Gasteiger partial charge in [0.05, 0.1) is 10.7 Å². The van der Waals surface area contributed by atoms with Gasteiger partial charge in [-0.1, -0.05) is 58.4 Å². The fraction of sp³-hybridized carbons (Fsp3) is 0.476. The Labute approximate surface area is 195 Å². The highest BCUT2D eigenvalue weighted by Crippen LogP contribution is 2.48. The highest BCUT2D eigenvalue weighted by molar-refractivity contribution is 8.07. The monoisotopic (exact) mass is 516 g/mol. The first-order chi connectivity index (χ1) is 15.1. The molecule has 0 aliphatic heterocycles. The molecule has 1 aliphatic rings. The molecule has 0 aromatic heterocycles. The zero-order valence-corrected chi connectivity index (χ0v) is 21.4. The molecule has 0 bridgehead atoms. The maximum Gasteiger partial charge on any atom is 0.374 e. The lowest BCUT2D eigenvalue weighted by atomic mass is 9.76. The second-order valence-corrected chi connectivity index (χ2v) is 14.3. The molecule has 0 saturated heterocycles. The topological polar surface area (TPSA) is 148 Å². The summed E-state index contributed by atoms with van der Waals surface area (Å²) in [4.78, 5) is 2.04. The third-order valence-electron chi connectivity index (χ3n) is 5.49. The van der Waals surface area contributed by atoms with E-state index in [1.165, 1.54) is 36.4 Å². The Kier molecular flexibility index (Phi) is 7.80. The van der Waals surface area contributed by atoms with Crippen molar-refractivity contribution in [3.63, 3.8) is 0 Å². The molecular weight excluding hydrogens is 488 g/mol. The number of benzene rings is 1. The van der Waals surface area contributed by atoms with E-state index in [4.69, 9.17) is 9.71 Å². The summed E-state index contributed by atoms with van der Waals surface area (Å²) in [7, 11) is -12.3. The van der Waals surface area contributed by atoms with Crippen LogP contribution in [0.4, 0.5) is 0 Å². The summed E-state index contributed by atoms with van der Waals surface area (Å²) in [5.41, 5.74) is 8.04. The first kappa shape index (κ1) is 27.0. The Morgan fingerprint density at radius 3 is 2.27 bits per heavy atom. The normalized spacial score (nSPS) is 19.5. The minimum Gasteiger partial charge on any atom is -0.381 e. The highest BCUT2D eigenvalue weighted by atomic mass is 32.2. The summed E-state index contributed by atoms with van der Waals surface area (Å²) in [5.74, 6) is -0.557. The van der Waals surface area contributed by atoms with Crippen molar-refractivity contribution in [2.75, 3.05) is 5.75 Å². The number of allylic oxidation sites excluding steroid dienone is 2. The molecule has 33 heavy (non-hydrogen) atoms. The van der Waals surface area contributed by atoms with E-state index in [2.05, 4.69) is 4.79 Å². The summed E-state index contributed by atoms with van der Waals surface area (Å²) < 4.78 is 80.7. The number of sulfone groups is 2. The molecule has 1 aliphatic carbocycles. The SMILES string of the molecule is CCCCS(=O)(=O)Oc1ccccc1S(=O)(=O)C1(C(C)(C)C)C=CC(S(=O)(=O)C=[N+]=[N-])=CC1. The molecule has 0 N–H and O–H groups in total. The second kappa shape index (κ2) is 9.54. The molecule has 0 heterocycles. The van der Waals surface area contributed by atoms with Gasteiger partial charge in [-0.05, 0) is 36.5 Å². The van der Waals surface area contributed by atoms with Gasteiger partial charge in [0.15, 0.2) is 15.6 Å².